The molecule has 0 aliphatic carbocycles. The first kappa shape index (κ1) is 13.4. The van der Waals surface area contributed by atoms with Crippen molar-refractivity contribution in [2.45, 2.75) is 20.3 Å². The van der Waals surface area contributed by atoms with Crippen LogP contribution in [0, 0.1) is 17.0 Å². The normalized spacial score (nSPS) is 10.3. The molecular weight excluding hydrogens is 220 g/mol. The molecule has 0 aromatic heterocycles. The van der Waals surface area contributed by atoms with E-state index >= 15 is 0 Å². The van der Waals surface area contributed by atoms with E-state index in [1.807, 2.05) is 13.0 Å². The summed E-state index contributed by atoms with van der Waals surface area (Å²) in [5, 5.41) is 19.5. The fraction of sp³-hybridized carbons (Fsp3) is 0.500. The molecule has 17 heavy (non-hydrogen) atoms. The summed E-state index contributed by atoms with van der Waals surface area (Å²) in [4.78, 5) is 12.4. The van der Waals surface area contributed by atoms with Crippen LogP contribution in [0.15, 0.2) is 18.2 Å². The smallest absolute Gasteiger partial charge is 0.272 e. The van der Waals surface area contributed by atoms with E-state index in [4.69, 9.17) is 5.11 Å². The summed E-state index contributed by atoms with van der Waals surface area (Å²) < 4.78 is 0. The van der Waals surface area contributed by atoms with Crippen LogP contribution in [0.5, 0.6) is 0 Å². The number of aliphatic hydroxyl groups is 1. The molecule has 0 spiro atoms. The van der Waals surface area contributed by atoms with Crippen LogP contribution in [0.25, 0.3) is 0 Å². The van der Waals surface area contributed by atoms with E-state index in [1.54, 1.807) is 13.0 Å². The highest BCUT2D eigenvalue weighted by Gasteiger charge is 2.12. The summed E-state index contributed by atoms with van der Waals surface area (Å²) in [6, 6.07) is 5.11. The average molecular weight is 238 g/mol. The highest BCUT2D eigenvalue weighted by Crippen LogP contribution is 2.24. The quantitative estimate of drug-likeness (QED) is 0.609. The predicted molar refractivity (Wildman–Crippen MR) is 67.4 cm³/mol. The van der Waals surface area contributed by atoms with Crippen LogP contribution in [-0.4, -0.2) is 29.7 Å². The van der Waals surface area contributed by atoms with Crippen molar-refractivity contribution in [3.8, 4) is 0 Å². The number of hydrogen-bond donors (Lipinski definition) is 1. The minimum Gasteiger partial charge on any atom is -0.396 e. The third-order valence-electron chi connectivity index (χ3n) is 2.71. The first-order valence-electron chi connectivity index (χ1n) is 5.71. The lowest BCUT2D eigenvalue weighted by molar-refractivity contribution is -0.385. The molecule has 0 aliphatic heterocycles. The first-order chi connectivity index (χ1) is 8.10. The molecule has 1 N–H and O–H groups in total. The molecule has 5 nitrogen and oxygen atoms in total. The molecule has 0 saturated heterocycles. The fourth-order valence-electron chi connectivity index (χ4n) is 1.77. The van der Waals surface area contributed by atoms with Crippen LogP contribution in [0.4, 0.5) is 11.4 Å². The number of nitro benzene ring substituents is 1. The molecule has 0 saturated carbocycles. The Balaban J connectivity index is 2.90. The van der Waals surface area contributed by atoms with Crippen LogP contribution < -0.4 is 4.90 Å². The Kier molecular flexibility index (Phi) is 4.90. The highest BCUT2D eigenvalue weighted by molar-refractivity contribution is 5.55. The molecular formula is C12H18N2O3. The molecule has 1 aromatic rings. The molecule has 0 amide bonds. The molecule has 0 radical (unpaired) electrons. The highest BCUT2D eigenvalue weighted by atomic mass is 16.6. The molecule has 0 atom stereocenters. The van der Waals surface area contributed by atoms with Crippen LogP contribution >= 0.6 is 0 Å². The van der Waals surface area contributed by atoms with Gasteiger partial charge in [-0.15, -0.1) is 0 Å². The first-order valence-corrected chi connectivity index (χ1v) is 5.71. The number of aryl methyl sites for hydroxylation is 1. The van der Waals surface area contributed by atoms with E-state index in [-0.39, 0.29) is 17.2 Å². The molecule has 94 valence electrons. The zero-order valence-electron chi connectivity index (χ0n) is 10.2. The predicted octanol–water partition coefficient (Wildman–Crippen LogP) is 2.11. The Morgan fingerprint density at radius 2 is 2.18 bits per heavy atom. The van der Waals surface area contributed by atoms with Gasteiger partial charge in [-0.3, -0.25) is 10.1 Å². The van der Waals surface area contributed by atoms with Gasteiger partial charge >= 0.3 is 0 Å². The van der Waals surface area contributed by atoms with Crippen molar-refractivity contribution in [1.29, 1.82) is 0 Å². The van der Waals surface area contributed by atoms with E-state index < -0.39 is 0 Å². The third-order valence-corrected chi connectivity index (χ3v) is 2.71. The molecule has 0 heterocycles. The van der Waals surface area contributed by atoms with Crippen molar-refractivity contribution in [3.63, 3.8) is 0 Å². The minimum absolute atomic E-state index is 0.145. The second kappa shape index (κ2) is 6.20. The van der Waals surface area contributed by atoms with E-state index in [2.05, 4.69) is 4.90 Å². The maximum absolute atomic E-state index is 10.7. The number of hydrogen-bond acceptors (Lipinski definition) is 4. The third kappa shape index (κ3) is 3.42. The van der Waals surface area contributed by atoms with Gasteiger partial charge < -0.3 is 10.0 Å². The van der Waals surface area contributed by atoms with Crippen LogP contribution in [0.2, 0.25) is 0 Å². The largest absolute Gasteiger partial charge is 0.396 e. The zero-order valence-corrected chi connectivity index (χ0v) is 10.2. The molecule has 0 bridgehead atoms. The number of benzene rings is 1. The van der Waals surface area contributed by atoms with Crippen molar-refractivity contribution < 1.29 is 10.0 Å². The van der Waals surface area contributed by atoms with Crippen LogP contribution in [0.1, 0.15) is 18.9 Å². The van der Waals surface area contributed by atoms with Gasteiger partial charge in [0.1, 0.15) is 0 Å². The van der Waals surface area contributed by atoms with Crippen molar-refractivity contribution in [3.05, 3.63) is 33.9 Å². The lowest BCUT2D eigenvalue weighted by atomic mass is 10.1. The minimum atomic E-state index is -0.372. The van der Waals surface area contributed by atoms with Gasteiger partial charge in [0, 0.05) is 37.0 Å². The van der Waals surface area contributed by atoms with Crippen molar-refractivity contribution in [2.75, 3.05) is 24.6 Å². The van der Waals surface area contributed by atoms with Crippen LogP contribution in [-0.2, 0) is 0 Å². The van der Waals surface area contributed by atoms with Gasteiger partial charge in [-0.2, -0.15) is 0 Å². The van der Waals surface area contributed by atoms with Gasteiger partial charge in [-0.05, 0) is 32.4 Å². The SMILES string of the molecule is CCN(CCCO)c1ccc([N+](=O)[O-])c(C)c1. The number of rotatable bonds is 6. The van der Waals surface area contributed by atoms with Gasteiger partial charge in [0.05, 0.1) is 4.92 Å². The zero-order chi connectivity index (χ0) is 12.8. The van der Waals surface area contributed by atoms with Gasteiger partial charge in [0.15, 0.2) is 0 Å². The Morgan fingerprint density at radius 3 is 2.65 bits per heavy atom. The molecule has 0 unspecified atom stereocenters. The van der Waals surface area contributed by atoms with E-state index in [9.17, 15) is 10.1 Å². The maximum Gasteiger partial charge on any atom is 0.272 e. The second-order valence-corrected chi connectivity index (χ2v) is 3.88. The molecule has 5 heteroatoms. The number of nitro groups is 1. The summed E-state index contributed by atoms with van der Waals surface area (Å²) in [5.74, 6) is 0. The second-order valence-electron chi connectivity index (χ2n) is 3.88. The monoisotopic (exact) mass is 238 g/mol. The molecule has 0 fully saturated rings. The Hall–Kier alpha value is -1.62. The summed E-state index contributed by atoms with van der Waals surface area (Å²) in [6.45, 7) is 5.49. The Morgan fingerprint density at radius 1 is 1.47 bits per heavy atom. The standard InChI is InChI=1S/C12H18N2O3/c1-3-13(7-4-8-15)11-5-6-12(14(16)17)10(2)9-11/h5-6,9,15H,3-4,7-8H2,1-2H3. The van der Waals surface area contributed by atoms with E-state index in [0.29, 0.717) is 12.0 Å². The lowest BCUT2D eigenvalue weighted by Gasteiger charge is -2.23. The van der Waals surface area contributed by atoms with Gasteiger partial charge in [0.25, 0.3) is 5.69 Å². The van der Waals surface area contributed by atoms with E-state index in [0.717, 1.165) is 18.8 Å². The molecule has 1 aromatic carbocycles. The molecule has 1 rings (SSSR count). The number of aliphatic hydroxyl groups excluding tert-OH is 1. The maximum atomic E-state index is 10.7. The summed E-state index contributed by atoms with van der Waals surface area (Å²) in [7, 11) is 0. The van der Waals surface area contributed by atoms with E-state index in [1.165, 1.54) is 6.07 Å². The fourth-order valence-corrected chi connectivity index (χ4v) is 1.77. The van der Waals surface area contributed by atoms with Crippen molar-refractivity contribution in [2.24, 2.45) is 0 Å². The van der Waals surface area contributed by atoms with Crippen molar-refractivity contribution >= 4 is 11.4 Å². The van der Waals surface area contributed by atoms with Crippen LogP contribution in [0.3, 0.4) is 0 Å². The number of nitrogens with zero attached hydrogens (tertiary/aromatic N) is 2. The van der Waals surface area contributed by atoms with Crippen molar-refractivity contribution in [1.82, 2.24) is 0 Å². The summed E-state index contributed by atoms with van der Waals surface area (Å²) >= 11 is 0. The van der Waals surface area contributed by atoms with Gasteiger partial charge in [-0.1, -0.05) is 0 Å². The number of anilines is 1. The van der Waals surface area contributed by atoms with Gasteiger partial charge in [0.2, 0.25) is 0 Å². The topological polar surface area (TPSA) is 66.6 Å². The van der Waals surface area contributed by atoms with Gasteiger partial charge in [-0.25, -0.2) is 0 Å². The molecule has 0 aliphatic rings. The summed E-state index contributed by atoms with van der Waals surface area (Å²) in [6.07, 6.45) is 0.698. The Labute approximate surface area is 101 Å². The lowest BCUT2D eigenvalue weighted by Crippen LogP contribution is -2.24. The summed E-state index contributed by atoms with van der Waals surface area (Å²) in [5.41, 5.74) is 1.77. The Bertz CT molecular complexity index is 393. The average Bonchev–Trinajstić information content (AvgIpc) is 2.29.